The van der Waals surface area contributed by atoms with Crippen LogP contribution in [-0.4, -0.2) is 40.8 Å². The van der Waals surface area contributed by atoms with Crippen molar-refractivity contribution in [1.82, 2.24) is 14.8 Å². The van der Waals surface area contributed by atoms with Crippen LogP contribution in [0.1, 0.15) is 25.9 Å². The Hall–Kier alpha value is -5.05. The van der Waals surface area contributed by atoms with Crippen molar-refractivity contribution in [3.05, 3.63) is 71.2 Å². The number of furan rings is 1. The van der Waals surface area contributed by atoms with E-state index in [0.29, 0.717) is 28.6 Å². The molecule has 41 heavy (non-hydrogen) atoms. The molecule has 2 amide bonds. The minimum atomic E-state index is -4.78. The molecule has 0 aliphatic carbocycles. The predicted octanol–water partition coefficient (Wildman–Crippen LogP) is 5.18. The molecule has 0 bridgehead atoms. The van der Waals surface area contributed by atoms with Crippen molar-refractivity contribution < 1.29 is 41.4 Å². The van der Waals surface area contributed by atoms with E-state index in [-0.39, 0.29) is 44.5 Å². The van der Waals surface area contributed by atoms with Gasteiger partial charge in [0.15, 0.2) is 23.9 Å². The molecule has 0 aliphatic rings. The normalized spacial score (nSPS) is 11.4. The number of hydrogen-bond acceptors (Lipinski definition) is 9. The minimum absolute atomic E-state index is 0.0314. The summed E-state index contributed by atoms with van der Waals surface area (Å²) >= 11 is 0.617. The molecule has 0 saturated carbocycles. The van der Waals surface area contributed by atoms with E-state index in [2.05, 4.69) is 15.4 Å². The van der Waals surface area contributed by atoms with Crippen molar-refractivity contribution in [1.29, 1.82) is 0 Å². The molecule has 5 rings (SSSR count). The topological polar surface area (TPSA) is 144 Å². The number of nitrogens with one attached hydrogen (secondary N) is 1. The van der Waals surface area contributed by atoms with E-state index >= 15 is 0 Å². The Morgan fingerprint density at radius 3 is 2.46 bits per heavy atom. The van der Waals surface area contributed by atoms with E-state index in [1.54, 1.807) is 18.2 Å². The molecule has 0 aliphatic heterocycles. The fourth-order valence-corrected chi connectivity index (χ4v) is 4.99. The van der Waals surface area contributed by atoms with Crippen LogP contribution >= 0.6 is 11.3 Å². The van der Waals surface area contributed by atoms with Gasteiger partial charge < -0.3 is 29.7 Å². The van der Waals surface area contributed by atoms with Gasteiger partial charge in [-0.2, -0.15) is 18.3 Å². The first-order valence-electron chi connectivity index (χ1n) is 11.7. The Labute approximate surface area is 233 Å². The summed E-state index contributed by atoms with van der Waals surface area (Å²) in [5.41, 5.74) is 4.11. The lowest BCUT2D eigenvalue weighted by molar-refractivity contribution is -0.140. The summed E-state index contributed by atoms with van der Waals surface area (Å²) in [5.74, 6) is -0.482. The lowest BCUT2D eigenvalue weighted by Crippen LogP contribution is -2.18. The van der Waals surface area contributed by atoms with Crippen LogP contribution in [0.25, 0.3) is 21.5 Å². The zero-order chi connectivity index (χ0) is 29.3. The minimum Gasteiger partial charge on any atom is -0.493 e. The van der Waals surface area contributed by atoms with Crippen molar-refractivity contribution in [2.75, 3.05) is 19.5 Å². The van der Waals surface area contributed by atoms with E-state index in [9.17, 15) is 22.8 Å². The number of ether oxygens (including phenoxy) is 3. The number of benzene rings is 1. The Bertz CT molecular complexity index is 1720. The number of carbonyl (C=O) groups is 2. The van der Waals surface area contributed by atoms with Crippen LogP contribution in [-0.2, 0) is 12.9 Å². The molecule has 0 fully saturated rings. The highest BCUT2D eigenvalue weighted by molar-refractivity contribution is 7.21. The molecule has 4 aromatic heterocycles. The van der Waals surface area contributed by atoms with Crippen LogP contribution in [0, 0.1) is 0 Å². The van der Waals surface area contributed by atoms with Gasteiger partial charge in [0.05, 0.1) is 26.2 Å². The fourth-order valence-electron chi connectivity index (χ4n) is 3.98. The van der Waals surface area contributed by atoms with Crippen molar-refractivity contribution in [2.24, 2.45) is 5.73 Å². The number of thiophene rings is 1. The van der Waals surface area contributed by atoms with Gasteiger partial charge in [-0.25, -0.2) is 9.67 Å². The summed E-state index contributed by atoms with van der Waals surface area (Å²) in [4.78, 5) is 28.8. The van der Waals surface area contributed by atoms with Gasteiger partial charge in [-0.05, 0) is 36.4 Å². The summed E-state index contributed by atoms with van der Waals surface area (Å²) in [6, 6.07) is 10.2. The highest BCUT2D eigenvalue weighted by Gasteiger charge is 2.35. The number of primary amides is 1. The van der Waals surface area contributed by atoms with Crippen molar-refractivity contribution >= 4 is 39.1 Å². The Morgan fingerprint density at radius 1 is 1.12 bits per heavy atom. The molecular weight excluding hydrogens is 567 g/mol. The van der Waals surface area contributed by atoms with E-state index in [0.717, 1.165) is 6.07 Å². The molecule has 0 atom stereocenters. The second-order valence-electron chi connectivity index (χ2n) is 8.34. The van der Waals surface area contributed by atoms with Gasteiger partial charge in [-0.15, -0.1) is 11.3 Å². The van der Waals surface area contributed by atoms with Gasteiger partial charge in [-0.1, -0.05) is 6.07 Å². The van der Waals surface area contributed by atoms with E-state index in [1.165, 1.54) is 49.6 Å². The van der Waals surface area contributed by atoms with Gasteiger partial charge in [0.1, 0.15) is 21.2 Å². The van der Waals surface area contributed by atoms with Crippen LogP contribution in [0.3, 0.4) is 0 Å². The van der Waals surface area contributed by atoms with Crippen LogP contribution < -0.4 is 25.3 Å². The molecule has 0 saturated heterocycles. The van der Waals surface area contributed by atoms with Crippen LogP contribution in [0.4, 0.5) is 18.9 Å². The number of nitrogens with two attached hydrogens (primary N) is 1. The van der Waals surface area contributed by atoms with Gasteiger partial charge in [0, 0.05) is 17.1 Å². The van der Waals surface area contributed by atoms with Crippen molar-refractivity contribution in [3.63, 3.8) is 0 Å². The van der Waals surface area contributed by atoms with E-state index in [4.69, 9.17) is 24.4 Å². The SMILES string of the molecule is COc1cccc(OC)c1OCn1ccc(C(=O)Nc2c(C(N)=O)sc3nc(C(F)(F)F)cc(-c4ccco4)c23)n1. The average molecular weight is 588 g/mol. The first-order valence-corrected chi connectivity index (χ1v) is 12.5. The number of carbonyl (C=O) groups excluding carboxylic acids is 2. The number of rotatable bonds is 9. The maximum absolute atomic E-state index is 13.6. The number of aromatic nitrogens is 3. The van der Waals surface area contributed by atoms with Crippen molar-refractivity contribution in [2.45, 2.75) is 12.9 Å². The van der Waals surface area contributed by atoms with E-state index < -0.39 is 23.7 Å². The number of nitrogens with zero attached hydrogens (tertiary/aromatic N) is 3. The molecule has 4 heterocycles. The highest BCUT2D eigenvalue weighted by Crippen LogP contribution is 2.44. The molecule has 5 aromatic rings. The molecule has 3 N–H and O–H groups in total. The zero-order valence-corrected chi connectivity index (χ0v) is 22.1. The fraction of sp³-hybridized carbons (Fsp3) is 0.154. The highest BCUT2D eigenvalue weighted by atomic mass is 32.1. The molecule has 15 heteroatoms. The number of alkyl halides is 3. The summed E-state index contributed by atoms with van der Waals surface area (Å²) in [6.45, 7) is -0.120. The van der Waals surface area contributed by atoms with Crippen LogP contribution in [0.15, 0.2) is 59.3 Å². The maximum atomic E-state index is 13.6. The lowest BCUT2D eigenvalue weighted by Gasteiger charge is -2.13. The molecule has 1 aromatic carbocycles. The average Bonchev–Trinajstić information content (AvgIpc) is 3.71. The predicted molar refractivity (Wildman–Crippen MR) is 141 cm³/mol. The molecule has 11 nitrogen and oxygen atoms in total. The molecule has 0 spiro atoms. The molecule has 0 unspecified atom stereocenters. The number of hydrogen-bond donors (Lipinski definition) is 2. The lowest BCUT2D eigenvalue weighted by atomic mass is 10.1. The zero-order valence-electron chi connectivity index (χ0n) is 21.3. The number of fused-ring (bicyclic) bond motifs is 1. The monoisotopic (exact) mass is 587 g/mol. The summed E-state index contributed by atoms with van der Waals surface area (Å²) in [7, 11) is 2.95. The number of halogens is 3. The Balaban J connectivity index is 1.47. The third-order valence-corrected chi connectivity index (χ3v) is 6.90. The smallest absolute Gasteiger partial charge is 0.433 e. The summed E-state index contributed by atoms with van der Waals surface area (Å²) < 4.78 is 63.9. The third kappa shape index (κ3) is 5.38. The van der Waals surface area contributed by atoms with Gasteiger partial charge >= 0.3 is 6.18 Å². The summed E-state index contributed by atoms with van der Waals surface area (Å²) in [5, 5.41) is 6.82. The van der Waals surface area contributed by atoms with Crippen molar-refractivity contribution in [3.8, 4) is 28.6 Å². The number of anilines is 1. The van der Waals surface area contributed by atoms with Gasteiger partial charge in [-0.3, -0.25) is 9.59 Å². The molecule has 212 valence electrons. The quantitative estimate of drug-likeness (QED) is 0.240. The maximum Gasteiger partial charge on any atom is 0.433 e. The largest absolute Gasteiger partial charge is 0.493 e. The van der Waals surface area contributed by atoms with Gasteiger partial charge in [0.25, 0.3) is 11.8 Å². The number of para-hydroxylation sites is 1. The van der Waals surface area contributed by atoms with Gasteiger partial charge in [0.2, 0.25) is 5.75 Å². The standard InChI is InChI=1S/C26H20F3N5O6S/c1-37-16-5-3-6-17(38-2)21(16)40-12-34-9-8-14(33-34)24(36)32-20-19-13(15-7-4-10-39-15)11-18(26(27,28)29)31-25(19)41-22(20)23(30)35/h3-11H,12H2,1-2H3,(H2,30,35)(H,32,36). The first kappa shape index (κ1) is 27.5. The Morgan fingerprint density at radius 2 is 1.85 bits per heavy atom. The Kier molecular flexibility index (Phi) is 7.28. The number of methoxy groups -OCH3 is 2. The van der Waals surface area contributed by atoms with Crippen LogP contribution in [0.5, 0.6) is 17.2 Å². The van der Waals surface area contributed by atoms with Crippen LogP contribution in [0.2, 0.25) is 0 Å². The number of pyridine rings is 1. The second-order valence-corrected chi connectivity index (χ2v) is 9.34. The molecular formula is C26H20F3N5O6S. The third-order valence-electron chi connectivity index (χ3n) is 5.80. The van der Waals surface area contributed by atoms with E-state index in [1.807, 2.05) is 0 Å². The first-order chi connectivity index (χ1) is 19.6. The number of amides is 2. The second kappa shape index (κ2) is 10.8. The summed E-state index contributed by atoms with van der Waals surface area (Å²) in [6.07, 6.45) is -2.02. The molecule has 0 radical (unpaired) electrons.